The maximum atomic E-state index is 11.4. The molecular formula is C11H18N4O3S. The number of aromatic nitrogens is 2. The highest BCUT2D eigenvalue weighted by Gasteiger charge is 2.23. The zero-order valence-electron chi connectivity index (χ0n) is 11.1. The monoisotopic (exact) mass is 286 g/mol. The molecule has 0 aromatic carbocycles. The van der Waals surface area contributed by atoms with E-state index in [1.54, 1.807) is 14.2 Å². The lowest BCUT2D eigenvalue weighted by molar-refractivity contribution is 0.178. The van der Waals surface area contributed by atoms with Gasteiger partial charge in [-0.2, -0.15) is 0 Å². The van der Waals surface area contributed by atoms with Crippen LogP contribution in [0.5, 0.6) is 0 Å². The van der Waals surface area contributed by atoms with E-state index in [2.05, 4.69) is 15.3 Å². The first kappa shape index (κ1) is 14.0. The van der Waals surface area contributed by atoms with Crippen LogP contribution in [0.1, 0.15) is 5.82 Å². The number of nitrogens with one attached hydrogen (secondary N) is 1. The lowest BCUT2D eigenvalue weighted by atomic mass is 10.4. The Labute approximate surface area is 112 Å². The zero-order valence-corrected chi connectivity index (χ0v) is 11.9. The fourth-order valence-electron chi connectivity index (χ4n) is 1.91. The van der Waals surface area contributed by atoms with Gasteiger partial charge >= 0.3 is 0 Å². The molecule has 0 saturated carbocycles. The molecule has 0 radical (unpaired) electrons. The average Bonchev–Trinajstić information content (AvgIpc) is 2.38. The van der Waals surface area contributed by atoms with Crippen molar-refractivity contribution in [3.8, 4) is 0 Å². The molecule has 8 heteroatoms. The van der Waals surface area contributed by atoms with Crippen LogP contribution >= 0.6 is 0 Å². The summed E-state index contributed by atoms with van der Waals surface area (Å²) in [6.45, 7) is 1.26. The van der Waals surface area contributed by atoms with Crippen LogP contribution in [-0.4, -0.2) is 57.1 Å². The third kappa shape index (κ3) is 3.54. The van der Waals surface area contributed by atoms with Crippen molar-refractivity contribution < 1.29 is 13.2 Å². The van der Waals surface area contributed by atoms with Gasteiger partial charge in [0.15, 0.2) is 15.7 Å². The van der Waals surface area contributed by atoms with E-state index < -0.39 is 9.84 Å². The highest BCUT2D eigenvalue weighted by atomic mass is 32.2. The van der Waals surface area contributed by atoms with Crippen LogP contribution in [0.2, 0.25) is 0 Å². The molecule has 0 bridgehead atoms. The molecule has 0 unspecified atom stereocenters. The van der Waals surface area contributed by atoms with Crippen molar-refractivity contribution in [3.63, 3.8) is 0 Å². The van der Waals surface area contributed by atoms with Gasteiger partial charge in [-0.3, -0.25) is 0 Å². The van der Waals surface area contributed by atoms with Crippen molar-refractivity contribution in [3.05, 3.63) is 11.9 Å². The van der Waals surface area contributed by atoms with Gasteiger partial charge in [0.25, 0.3) is 0 Å². The van der Waals surface area contributed by atoms with Gasteiger partial charge < -0.3 is 15.0 Å². The summed E-state index contributed by atoms with van der Waals surface area (Å²) in [4.78, 5) is 10.6. The van der Waals surface area contributed by atoms with Crippen LogP contribution in [-0.2, 0) is 21.2 Å². The first-order valence-electron chi connectivity index (χ1n) is 6.04. The smallest absolute Gasteiger partial charge is 0.158 e. The topological polar surface area (TPSA) is 84.4 Å². The van der Waals surface area contributed by atoms with Crippen molar-refractivity contribution >= 4 is 21.5 Å². The Hall–Kier alpha value is -1.41. The van der Waals surface area contributed by atoms with E-state index in [9.17, 15) is 8.42 Å². The standard InChI is InChI=1S/C11H18N4O3S/c1-12-9-7-11(14-10(13-9)8-18-2)15-3-5-19(16,17)6-4-15/h7H,3-6,8H2,1-2H3,(H,12,13,14). The number of methoxy groups -OCH3 is 1. The van der Waals surface area contributed by atoms with Gasteiger partial charge in [0.1, 0.15) is 18.2 Å². The summed E-state index contributed by atoms with van der Waals surface area (Å²) in [5.74, 6) is 2.36. The number of sulfone groups is 1. The van der Waals surface area contributed by atoms with Crippen LogP contribution in [0.4, 0.5) is 11.6 Å². The minimum absolute atomic E-state index is 0.172. The molecule has 1 aromatic rings. The number of hydrogen-bond donors (Lipinski definition) is 1. The molecule has 106 valence electrons. The van der Waals surface area contributed by atoms with Crippen LogP contribution in [0.3, 0.4) is 0 Å². The van der Waals surface area contributed by atoms with E-state index in [1.165, 1.54) is 0 Å². The summed E-state index contributed by atoms with van der Waals surface area (Å²) in [6.07, 6.45) is 0. The maximum absolute atomic E-state index is 11.4. The van der Waals surface area contributed by atoms with Gasteiger partial charge in [0.2, 0.25) is 0 Å². The second-order valence-electron chi connectivity index (χ2n) is 4.35. The molecule has 1 N–H and O–H groups in total. The number of rotatable bonds is 4. The van der Waals surface area contributed by atoms with Gasteiger partial charge in [-0.25, -0.2) is 18.4 Å². The largest absolute Gasteiger partial charge is 0.377 e. The first-order valence-corrected chi connectivity index (χ1v) is 7.86. The number of ether oxygens (including phenoxy) is 1. The van der Waals surface area contributed by atoms with Gasteiger partial charge in [-0.15, -0.1) is 0 Å². The minimum Gasteiger partial charge on any atom is -0.377 e. The van der Waals surface area contributed by atoms with E-state index in [4.69, 9.17) is 4.74 Å². The molecule has 0 amide bonds. The zero-order chi connectivity index (χ0) is 13.9. The second kappa shape index (κ2) is 5.70. The number of nitrogens with zero attached hydrogens (tertiary/aromatic N) is 3. The Morgan fingerprint density at radius 2 is 2.05 bits per heavy atom. The van der Waals surface area contributed by atoms with Gasteiger partial charge in [0, 0.05) is 33.3 Å². The summed E-state index contributed by atoms with van der Waals surface area (Å²) in [5.41, 5.74) is 0. The van der Waals surface area contributed by atoms with Crippen LogP contribution in [0, 0.1) is 0 Å². The average molecular weight is 286 g/mol. The molecule has 19 heavy (non-hydrogen) atoms. The molecule has 1 aliphatic heterocycles. The SMILES string of the molecule is CNc1cc(N2CCS(=O)(=O)CC2)nc(COC)n1. The fraction of sp³-hybridized carbons (Fsp3) is 0.636. The lowest BCUT2D eigenvalue weighted by Crippen LogP contribution is -2.40. The Balaban J connectivity index is 2.21. The highest BCUT2D eigenvalue weighted by molar-refractivity contribution is 7.91. The number of anilines is 2. The molecule has 1 saturated heterocycles. The quantitative estimate of drug-likeness (QED) is 0.827. The van der Waals surface area contributed by atoms with Crippen LogP contribution in [0.15, 0.2) is 6.07 Å². The summed E-state index contributed by atoms with van der Waals surface area (Å²) in [7, 11) is 0.482. The van der Waals surface area contributed by atoms with Gasteiger partial charge in [-0.1, -0.05) is 0 Å². The summed E-state index contributed by atoms with van der Waals surface area (Å²) in [6, 6.07) is 1.82. The Morgan fingerprint density at radius 3 is 2.63 bits per heavy atom. The van der Waals surface area contributed by atoms with Gasteiger partial charge in [-0.05, 0) is 0 Å². The maximum Gasteiger partial charge on any atom is 0.158 e. The van der Waals surface area contributed by atoms with E-state index in [0.29, 0.717) is 31.3 Å². The predicted octanol–water partition coefficient (Wildman–Crippen LogP) is -0.100. The van der Waals surface area contributed by atoms with Crippen molar-refractivity contribution in [2.45, 2.75) is 6.61 Å². The van der Waals surface area contributed by atoms with Gasteiger partial charge in [0.05, 0.1) is 11.5 Å². The Bertz CT molecular complexity index is 533. The summed E-state index contributed by atoms with van der Waals surface area (Å²) < 4.78 is 27.9. The van der Waals surface area contributed by atoms with Crippen molar-refractivity contribution in [2.75, 3.05) is 49.0 Å². The molecular weight excluding hydrogens is 268 g/mol. The van der Waals surface area contributed by atoms with E-state index in [0.717, 1.165) is 5.82 Å². The Kier molecular flexibility index (Phi) is 4.20. The normalized spacial score (nSPS) is 18.3. The molecule has 1 aliphatic rings. The first-order chi connectivity index (χ1) is 9.04. The van der Waals surface area contributed by atoms with Crippen LogP contribution < -0.4 is 10.2 Å². The number of hydrogen-bond acceptors (Lipinski definition) is 7. The summed E-state index contributed by atoms with van der Waals surface area (Å²) >= 11 is 0. The lowest BCUT2D eigenvalue weighted by Gasteiger charge is -2.28. The second-order valence-corrected chi connectivity index (χ2v) is 6.65. The van der Waals surface area contributed by atoms with E-state index >= 15 is 0 Å². The van der Waals surface area contributed by atoms with Crippen LogP contribution in [0.25, 0.3) is 0 Å². The molecule has 7 nitrogen and oxygen atoms in total. The molecule has 2 rings (SSSR count). The van der Waals surface area contributed by atoms with E-state index in [-0.39, 0.29) is 11.5 Å². The highest BCUT2D eigenvalue weighted by Crippen LogP contribution is 2.18. The molecule has 1 aromatic heterocycles. The predicted molar refractivity (Wildman–Crippen MR) is 73.2 cm³/mol. The third-order valence-electron chi connectivity index (χ3n) is 2.96. The fourth-order valence-corrected chi connectivity index (χ4v) is 3.11. The van der Waals surface area contributed by atoms with Crippen molar-refractivity contribution in [1.29, 1.82) is 0 Å². The Morgan fingerprint density at radius 1 is 1.37 bits per heavy atom. The van der Waals surface area contributed by atoms with Crippen molar-refractivity contribution in [2.24, 2.45) is 0 Å². The molecule has 0 spiro atoms. The molecule has 0 aliphatic carbocycles. The molecule has 2 heterocycles. The molecule has 1 fully saturated rings. The minimum atomic E-state index is -2.89. The van der Waals surface area contributed by atoms with Crippen molar-refractivity contribution in [1.82, 2.24) is 9.97 Å². The summed E-state index contributed by atoms with van der Waals surface area (Å²) in [5, 5.41) is 2.97. The van der Waals surface area contributed by atoms with E-state index in [1.807, 2.05) is 11.0 Å². The molecule has 0 atom stereocenters. The third-order valence-corrected chi connectivity index (χ3v) is 4.57.